The molecule has 1 fully saturated rings. The molecule has 3 N–H and O–H groups in total. The molecule has 0 radical (unpaired) electrons. The summed E-state index contributed by atoms with van der Waals surface area (Å²) in [6, 6.07) is 8.05. The van der Waals surface area contributed by atoms with E-state index in [1.165, 1.54) is 32.9 Å². The largest absolute Gasteiger partial charge is 0.504 e. The number of rotatable bonds is 7. The van der Waals surface area contributed by atoms with Crippen LogP contribution in [0.5, 0.6) is 0 Å². The van der Waals surface area contributed by atoms with E-state index in [-0.39, 0.29) is 48.3 Å². The van der Waals surface area contributed by atoms with Gasteiger partial charge >= 0.3 is 17.9 Å². The van der Waals surface area contributed by atoms with Crippen LogP contribution >= 0.6 is 0 Å². The average molecular weight is 587 g/mol. The number of hydrogen-bond donors (Lipinski definition) is 3. The van der Waals surface area contributed by atoms with Crippen LogP contribution in [0.15, 0.2) is 52.8 Å². The van der Waals surface area contributed by atoms with Crippen LogP contribution in [0.3, 0.4) is 0 Å². The molecule has 2 bridgehead atoms. The maximum atomic E-state index is 13.8. The van der Waals surface area contributed by atoms with E-state index in [1.54, 1.807) is 39.0 Å². The number of fused-ring (bicyclic) bond motifs is 2. The highest BCUT2D eigenvalue weighted by Gasteiger charge is 2.69. The Hall–Kier alpha value is -3.54. The molecule has 6 atom stereocenters. The van der Waals surface area contributed by atoms with Crippen molar-refractivity contribution in [1.82, 2.24) is 0 Å². The Kier molecular flexibility index (Phi) is 8.43. The van der Waals surface area contributed by atoms with Gasteiger partial charge in [0, 0.05) is 37.7 Å². The van der Waals surface area contributed by atoms with Crippen LogP contribution < -0.4 is 0 Å². The van der Waals surface area contributed by atoms with Crippen LogP contribution in [-0.2, 0) is 33.3 Å². The second-order valence-electron chi connectivity index (χ2n) is 11.8. The van der Waals surface area contributed by atoms with E-state index < -0.39 is 70.3 Å². The van der Waals surface area contributed by atoms with Crippen LogP contribution in [0, 0.1) is 11.3 Å². The predicted molar refractivity (Wildman–Crippen MR) is 147 cm³/mol. The van der Waals surface area contributed by atoms with Crippen LogP contribution in [0.2, 0.25) is 0 Å². The SMILES string of the molecule is CC(=O)OCC[C@H]1OC[C@@]1(OC(C)=O)[C@@H]1/C(C)=C(/O)C(=O)C2=C(C)[C@@H](O)C[C@@](O)([C@H]1OC(=O)c1ccccc1)C2(C)C. The molecule has 228 valence electrons. The molecule has 0 amide bonds. The van der Waals surface area contributed by atoms with Crippen molar-refractivity contribution in [2.45, 2.75) is 83.9 Å². The van der Waals surface area contributed by atoms with E-state index in [0.29, 0.717) is 0 Å². The maximum absolute atomic E-state index is 13.8. The van der Waals surface area contributed by atoms with E-state index in [9.17, 15) is 34.5 Å². The summed E-state index contributed by atoms with van der Waals surface area (Å²) in [4.78, 5) is 51.4. The molecule has 11 nitrogen and oxygen atoms in total. The van der Waals surface area contributed by atoms with Gasteiger partial charge in [0.2, 0.25) is 5.78 Å². The fourth-order valence-electron chi connectivity index (χ4n) is 6.73. The highest BCUT2D eigenvalue weighted by molar-refractivity contribution is 6.09. The molecule has 4 rings (SSSR count). The minimum absolute atomic E-state index is 0.00221. The third kappa shape index (κ3) is 5.03. The average Bonchev–Trinajstić information content (AvgIpc) is 2.91. The summed E-state index contributed by atoms with van der Waals surface area (Å²) in [5.41, 5.74) is -4.77. The Labute approximate surface area is 244 Å². The predicted octanol–water partition coefficient (Wildman–Crippen LogP) is 2.74. The number of allylic oxidation sites excluding steroid dienone is 1. The van der Waals surface area contributed by atoms with E-state index >= 15 is 0 Å². The van der Waals surface area contributed by atoms with Crippen molar-refractivity contribution in [2.24, 2.45) is 11.3 Å². The van der Waals surface area contributed by atoms with Gasteiger partial charge in [0.15, 0.2) is 11.4 Å². The van der Waals surface area contributed by atoms with Crippen LogP contribution in [0.25, 0.3) is 0 Å². The van der Waals surface area contributed by atoms with Crippen LogP contribution in [0.4, 0.5) is 0 Å². The molecule has 0 aromatic heterocycles. The van der Waals surface area contributed by atoms with Crippen molar-refractivity contribution in [3.63, 3.8) is 0 Å². The Balaban J connectivity index is 1.99. The molecule has 1 aromatic carbocycles. The minimum atomic E-state index is -2.10. The summed E-state index contributed by atoms with van der Waals surface area (Å²) >= 11 is 0. The minimum Gasteiger partial charge on any atom is -0.504 e. The highest BCUT2D eigenvalue weighted by Crippen LogP contribution is 2.57. The molecule has 0 unspecified atom stereocenters. The molecule has 1 saturated heterocycles. The van der Waals surface area contributed by atoms with E-state index in [2.05, 4.69) is 0 Å². The summed E-state index contributed by atoms with van der Waals surface area (Å²) in [6.07, 6.45) is -4.08. The normalized spacial score (nSPS) is 34.0. The van der Waals surface area contributed by atoms with E-state index in [4.69, 9.17) is 18.9 Å². The first kappa shape index (κ1) is 31.4. The van der Waals surface area contributed by atoms with Gasteiger partial charge in [-0.05, 0) is 37.1 Å². The lowest BCUT2D eigenvalue weighted by atomic mass is 9.53. The van der Waals surface area contributed by atoms with Gasteiger partial charge in [0.25, 0.3) is 0 Å². The summed E-state index contributed by atoms with van der Waals surface area (Å²) in [5, 5.41) is 35.2. The summed E-state index contributed by atoms with van der Waals surface area (Å²) < 4.78 is 22.9. The van der Waals surface area contributed by atoms with Crippen LogP contribution in [-0.4, -0.2) is 81.7 Å². The third-order valence-corrected chi connectivity index (χ3v) is 9.01. The quantitative estimate of drug-likeness (QED) is 0.318. The lowest BCUT2D eigenvalue weighted by Gasteiger charge is -2.60. The van der Waals surface area contributed by atoms with Crippen molar-refractivity contribution in [3.05, 3.63) is 58.4 Å². The van der Waals surface area contributed by atoms with Crippen molar-refractivity contribution in [3.8, 4) is 0 Å². The number of ether oxygens (including phenoxy) is 4. The Morgan fingerprint density at radius 3 is 2.24 bits per heavy atom. The summed E-state index contributed by atoms with van der Waals surface area (Å²) in [7, 11) is 0. The van der Waals surface area contributed by atoms with Crippen molar-refractivity contribution in [2.75, 3.05) is 13.2 Å². The molecule has 1 heterocycles. The number of ketones is 1. The van der Waals surface area contributed by atoms with Gasteiger partial charge in [-0.3, -0.25) is 14.4 Å². The lowest BCUT2D eigenvalue weighted by Crippen LogP contribution is -2.73. The summed E-state index contributed by atoms with van der Waals surface area (Å²) in [5.74, 6) is -4.88. The molecule has 3 aliphatic rings. The number of carbonyl (C=O) groups is 4. The molecule has 1 aliphatic heterocycles. The Morgan fingerprint density at radius 1 is 1.05 bits per heavy atom. The number of Topliss-reactive ketones (excluding diaryl/α,β-unsaturated/α-hetero) is 1. The van der Waals surface area contributed by atoms with E-state index in [1.807, 2.05) is 0 Å². The molecule has 11 heteroatoms. The second kappa shape index (κ2) is 11.3. The number of aliphatic hydroxyl groups is 3. The molecule has 0 spiro atoms. The van der Waals surface area contributed by atoms with Gasteiger partial charge in [-0.1, -0.05) is 32.0 Å². The molecular weight excluding hydrogens is 548 g/mol. The number of aliphatic hydroxyl groups excluding tert-OH is 2. The van der Waals surface area contributed by atoms with Crippen molar-refractivity contribution < 1.29 is 53.4 Å². The van der Waals surface area contributed by atoms with Gasteiger partial charge in [0.05, 0.1) is 30.8 Å². The molecule has 0 saturated carbocycles. The van der Waals surface area contributed by atoms with E-state index in [0.717, 1.165) is 0 Å². The Morgan fingerprint density at radius 2 is 1.69 bits per heavy atom. The first-order valence-corrected chi connectivity index (χ1v) is 13.8. The molecule has 42 heavy (non-hydrogen) atoms. The smallest absolute Gasteiger partial charge is 0.338 e. The zero-order chi connectivity index (χ0) is 31.2. The van der Waals surface area contributed by atoms with Crippen LogP contribution in [0.1, 0.15) is 64.7 Å². The first-order valence-electron chi connectivity index (χ1n) is 13.8. The Bertz CT molecular complexity index is 1340. The van der Waals surface area contributed by atoms with Crippen molar-refractivity contribution >= 4 is 23.7 Å². The number of esters is 3. The number of hydrogen-bond acceptors (Lipinski definition) is 11. The topological polar surface area (TPSA) is 166 Å². The first-order chi connectivity index (χ1) is 19.6. The van der Waals surface area contributed by atoms with Gasteiger partial charge in [-0.25, -0.2) is 4.79 Å². The van der Waals surface area contributed by atoms with Gasteiger partial charge in [-0.2, -0.15) is 0 Å². The van der Waals surface area contributed by atoms with Gasteiger partial charge in [0.1, 0.15) is 17.8 Å². The fraction of sp³-hybridized carbons (Fsp3) is 0.548. The fourth-order valence-corrected chi connectivity index (χ4v) is 6.73. The zero-order valence-electron chi connectivity index (χ0n) is 24.6. The standard InChI is InChI=1S/C31H38O11/c1-16-21(34)14-31(38)27(41-28(37)20-10-8-7-9-11-20)24(17(2)25(35)26(36)23(16)29(31,5)6)30(42-19(4)33)15-40-22(30)12-13-39-18(3)32/h7-11,21-22,24,27,34-35,38H,12-15H2,1-6H3/b25-17+/t21-,22+,24+,27-,30-,31+/m0/s1. The number of benzene rings is 1. The molecular formula is C31H38O11. The maximum Gasteiger partial charge on any atom is 0.338 e. The van der Waals surface area contributed by atoms with Gasteiger partial charge in [-0.15, -0.1) is 0 Å². The lowest BCUT2D eigenvalue weighted by molar-refractivity contribution is -0.295. The highest BCUT2D eigenvalue weighted by atomic mass is 16.6. The second-order valence-corrected chi connectivity index (χ2v) is 11.8. The van der Waals surface area contributed by atoms with Crippen molar-refractivity contribution in [1.29, 1.82) is 0 Å². The molecule has 2 aliphatic carbocycles. The monoisotopic (exact) mass is 586 g/mol. The molecule has 1 aromatic rings. The summed E-state index contributed by atoms with van der Waals surface area (Å²) in [6.45, 7) is 8.24. The zero-order valence-corrected chi connectivity index (χ0v) is 24.6. The van der Waals surface area contributed by atoms with Gasteiger partial charge < -0.3 is 34.3 Å². The third-order valence-electron chi connectivity index (χ3n) is 9.01. The number of carbonyl (C=O) groups excluding carboxylic acids is 4.